The van der Waals surface area contributed by atoms with Crippen LogP contribution in [0.3, 0.4) is 0 Å². The number of amides is 2. The van der Waals surface area contributed by atoms with E-state index in [0.717, 1.165) is 17.0 Å². The number of anilines is 1. The summed E-state index contributed by atoms with van der Waals surface area (Å²) in [6.45, 7) is 0.640. The number of hydrogen-bond acceptors (Lipinski definition) is 3. The number of methoxy groups -OCH3 is 1. The maximum Gasteiger partial charge on any atom is 0.249 e. The quantitative estimate of drug-likeness (QED) is 0.803. The van der Waals surface area contributed by atoms with Gasteiger partial charge in [-0.25, -0.2) is 0 Å². The molecule has 0 saturated carbocycles. The fourth-order valence-corrected chi connectivity index (χ4v) is 3.32. The highest BCUT2D eigenvalue weighted by molar-refractivity contribution is 6.01. The lowest BCUT2D eigenvalue weighted by Gasteiger charge is -2.24. The maximum absolute atomic E-state index is 12.7. The Balaban J connectivity index is 1.59. The zero-order chi connectivity index (χ0) is 18.5. The van der Waals surface area contributed by atoms with E-state index < -0.39 is 0 Å². The van der Waals surface area contributed by atoms with E-state index in [0.29, 0.717) is 25.8 Å². The number of nitrogens with zero attached hydrogens (tertiary/aromatic N) is 2. The van der Waals surface area contributed by atoms with Crippen LogP contribution in [0.4, 0.5) is 5.69 Å². The van der Waals surface area contributed by atoms with Crippen LogP contribution in [0.2, 0.25) is 0 Å². The number of ether oxygens (including phenoxy) is 1. The van der Waals surface area contributed by atoms with Crippen molar-refractivity contribution in [3.63, 3.8) is 0 Å². The van der Waals surface area contributed by atoms with Gasteiger partial charge in [-0.3, -0.25) is 9.59 Å². The summed E-state index contributed by atoms with van der Waals surface area (Å²) < 4.78 is 5.21. The van der Waals surface area contributed by atoms with Crippen molar-refractivity contribution in [1.29, 1.82) is 0 Å². The molecule has 2 amide bonds. The van der Waals surface area contributed by atoms with Gasteiger partial charge in [0.15, 0.2) is 0 Å². The van der Waals surface area contributed by atoms with Crippen molar-refractivity contribution in [1.82, 2.24) is 4.90 Å². The Morgan fingerprint density at radius 1 is 1.19 bits per heavy atom. The largest absolute Gasteiger partial charge is 0.497 e. The molecule has 0 aromatic heterocycles. The number of likely N-dealkylation sites (N-methyl/N-ethyl adjacent to an activating group) is 1. The van der Waals surface area contributed by atoms with Gasteiger partial charge in [-0.2, -0.15) is 0 Å². The van der Waals surface area contributed by atoms with Gasteiger partial charge in [0.2, 0.25) is 11.8 Å². The average Bonchev–Trinajstić information content (AvgIpc) is 3.07. The molecule has 26 heavy (non-hydrogen) atoms. The summed E-state index contributed by atoms with van der Waals surface area (Å²) in [5, 5.41) is 0. The summed E-state index contributed by atoms with van der Waals surface area (Å²) in [6, 6.07) is 16.9. The maximum atomic E-state index is 12.7. The molecule has 0 spiro atoms. The average molecular weight is 352 g/mol. The molecule has 1 saturated heterocycles. The Kier molecular flexibility index (Phi) is 5.56. The number of benzene rings is 2. The normalized spacial score (nSPS) is 16.6. The van der Waals surface area contributed by atoms with Crippen molar-refractivity contribution in [3.8, 4) is 5.75 Å². The minimum atomic E-state index is -0.381. The molecule has 1 heterocycles. The lowest BCUT2D eigenvalue weighted by molar-refractivity contribution is -0.136. The summed E-state index contributed by atoms with van der Waals surface area (Å²) in [5.41, 5.74) is 1.94. The molecule has 1 fully saturated rings. The molecule has 2 aromatic carbocycles. The van der Waals surface area contributed by atoms with E-state index in [1.54, 1.807) is 24.0 Å². The van der Waals surface area contributed by atoms with Gasteiger partial charge >= 0.3 is 0 Å². The third-order valence-electron chi connectivity index (χ3n) is 4.87. The Labute approximate surface area is 154 Å². The van der Waals surface area contributed by atoms with Gasteiger partial charge < -0.3 is 14.5 Å². The summed E-state index contributed by atoms with van der Waals surface area (Å²) in [6.07, 6.45) is 1.66. The van der Waals surface area contributed by atoms with Crippen LogP contribution >= 0.6 is 0 Å². The standard InChI is InChI=1S/C21H24N2O3/c1-22(20(24)12-11-16-7-6-10-18(15-16)26-2)19-13-14-23(21(19)25)17-8-4-3-5-9-17/h3-10,15,19H,11-14H2,1-2H3. The SMILES string of the molecule is COc1cccc(CCC(=O)N(C)C2CCN(c3ccccc3)C2=O)c1. The predicted molar refractivity (Wildman–Crippen MR) is 101 cm³/mol. The molecular formula is C21H24N2O3. The van der Waals surface area contributed by atoms with Gasteiger partial charge in [0.1, 0.15) is 11.8 Å². The Morgan fingerprint density at radius 2 is 1.96 bits per heavy atom. The molecule has 1 unspecified atom stereocenters. The van der Waals surface area contributed by atoms with Crippen molar-refractivity contribution >= 4 is 17.5 Å². The zero-order valence-corrected chi connectivity index (χ0v) is 15.2. The molecule has 1 aliphatic heterocycles. The number of aryl methyl sites for hydroxylation is 1. The third kappa shape index (κ3) is 3.87. The highest BCUT2D eigenvalue weighted by atomic mass is 16.5. The van der Waals surface area contributed by atoms with Gasteiger partial charge in [-0.05, 0) is 42.7 Å². The molecule has 0 bridgehead atoms. The molecule has 1 aliphatic rings. The van der Waals surface area contributed by atoms with Gasteiger partial charge in [0, 0.05) is 25.7 Å². The first-order chi connectivity index (χ1) is 12.6. The zero-order valence-electron chi connectivity index (χ0n) is 15.2. The van der Waals surface area contributed by atoms with E-state index in [4.69, 9.17) is 4.74 Å². The number of hydrogen-bond donors (Lipinski definition) is 0. The Hall–Kier alpha value is -2.82. The van der Waals surface area contributed by atoms with Crippen LogP contribution in [0.15, 0.2) is 54.6 Å². The number of rotatable bonds is 6. The van der Waals surface area contributed by atoms with Crippen LogP contribution in [0, 0.1) is 0 Å². The minimum Gasteiger partial charge on any atom is -0.497 e. The predicted octanol–water partition coefficient (Wildman–Crippen LogP) is 2.89. The monoisotopic (exact) mass is 352 g/mol. The summed E-state index contributed by atoms with van der Waals surface area (Å²) in [5.74, 6) is 0.766. The van der Waals surface area contributed by atoms with Gasteiger partial charge in [0.05, 0.1) is 7.11 Å². The van der Waals surface area contributed by atoms with E-state index in [-0.39, 0.29) is 17.9 Å². The number of carbonyl (C=O) groups excluding carboxylic acids is 2. The van der Waals surface area contributed by atoms with E-state index in [2.05, 4.69) is 0 Å². The van der Waals surface area contributed by atoms with E-state index in [9.17, 15) is 9.59 Å². The lowest BCUT2D eigenvalue weighted by atomic mass is 10.1. The molecule has 3 rings (SSSR count). The highest BCUT2D eigenvalue weighted by Gasteiger charge is 2.36. The van der Waals surface area contributed by atoms with Gasteiger partial charge in [-0.1, -0.05) is 30.3 Å². The third-order valence-corrected chi connectivity index (χ3v) is 4.87. The van der Waals surface area contributed by atoms with Crippen molar-refractivity contribution in [2.75, 3.05) is 25.6 Å². The smallest absolute Gasteiger partial charge is 0.249 e. The minimum absolute atomic E-state index is 0.00608. The molecule has 0 aliphatic carbocycles. The van der Waals surface area contributed by atoms with Crippen molar-refractivity contribution in [3.05, 3.63) is 60.2 Å². The first-order valence-corrected chi connectivity index (χ1v) is 8.85. The first-order valence-electron chi connectivity index (χ1n) is 8.85. The van der Waals surface area contributed by atoms with Crippen LogP contribution in [0.5, 0.6) is 5.75 Å². The van der Waals surface area contributed by atoms with Crippen molar-refractivity contribution in [2.45, 2.75) is 25.3 Å². The summed E-state index contributed by atoms with van der Waals surface area (Å²) in [7, 11) is 3.35. The first kappa shape index (κ1) is 18.0. The van der Waals surface area contributed by atoms with Crippen molar-refractivity contribution in [2.24, 2.45) is 0 Å². The van der Waals surface area contributed by atoms with E-state index in [1.165, 1.54) is 0 Å². The number of para-hydroxylation sites is 1. The molecule has 0 radical (unpaired) electrons. The van der Waals surface area contributed by atoms with Crippen LogP contribution in [-0.4, -0.2) is 43.5 Å². The molecule has 1 atom stereocenters. The molecule has 0 N–H and O–H groups in total. The number of carbonyl (C=O) groups is 2. The van der Waals surface area contributed by atoms with Crippen LogP contribution < -0.4 is 9.64 Å². The second-order valence-corrected chi connectivity index (χ2v) is 6.49. The van der Waals surface area contributed by atoms with E-state index >= 15 is 0 Å². The van der Waals surface area contributed by atoms with Crippen LogP contribution in [0.25, 0.3) is 0 Å². The highest BCUT2D eigenvalue weighted by Crippen LogP contribution is 2.24. The summed E-state index contributed by atoms with van der Waals surface area (Å²) >= 11 is 0. The van der Waals surface area contributed by atoms with Crippen LogP contribution in [-0.2, 0) is 16.0 Å². The second kappa shape index (κ2) is 8.04. The fraction of sp³-hybridized carbons (Fsp3) is 0.333. The second-order valence-electron chi connectivity index (χ2n) is 6.49. The Bertz CT molecular complexity index is 776. The van der Waals surface area contributed by atoms with Gasteiger partial charge in [-0.15, -0.1) is 0 Å². The Morgan fingerprint density at radius 3 is 2.69 bits per heavy atom. The molecule has 2 aromatic rings. The topological polar surface area (TPSA) is 49.9 Å². The van der Waals surface area contributed by atoms with E-state index in [1.807, 2.05) is 54.6 Å². The molecule has 5 heteroatoms. The van der Waals surface area contributed by atoms with Gasteiger partial charge in [0.25, 0.3) is 0 Å². The summed E-state index contributed by atoms with van der Waals surface area (Å²) in [4.78, 5) is 28.7. The molecule has 5 nitrogen and oxygen atoms in total. The molecular weight excluding hydrogens is 328 g/mol. The molecule has 136 valence electrons. The lowest BCUT2D eigenvalue weighted by Crippen LogP contribution is -2.43. The fourth-order valence-electron chi connectivity index (χ4n) is 3.32. The van der Waals surface area contributed by atoms with Crippen molar-refractivity contribution < 1.29 is 14.3 Å². The van der Waals surface area contributed by atoms with Crippen LogP contribution in [0.1, 0.15) is 18.4 Å².